The summed E-state index contributed by atoms with van der Waals surface area (Å²) in [5.74, 6) is -1.12. The Morgan fingerprint density at radius 3 is 2.64 bits per heavy atom. The van der Waals surface area contributed by atoms with E-state index in [9.17, 15) is 19.7 Å². The van der Waals surface area contributed by atoms with Gasteiger partial charge in [-0.15, -0.1) is 0 Å². The first-order valence-electron chi connectivity index (χ1n) is 6.47. The first-order valence-corrected chi connectivity index (χ1v) is 6.47. The van der Waals surface area contributed by atoms with Gasteiger partial charge in [-0.1, -0.05) is 12.1 Å². The molecular weight excluding hydrogens is 288 g/mol. The highest BCUT2D eigenvalue weighted by molar-refractivity contribution is 5.99. The summed E-state index contributed by atoms with van der Waals surface area (Å²) in [6.45, 7) is 1.12. The lowest BCUT2D eigenvalue weighted by Gasteiger charge is -2.06. The second-order valence-corrected chi connectivity index (χ2v) is 4.76. The van der Waals surface area contributed by atoms with Crippen LogP contribution in [0.3, 0.4) is 0 Å². The Morgan fingerprint density at radius 1 is 1.32 bits per heavy atom. The molecule has 0 spiro atoms. The molecule has 2 rings (SSSR count). The number of aromatic nitrogens is 1. The Bertz CT molecular complexity index is 748. The van der Waals surface area contributed by atoms with E-state index in [1.54, 1.807) is 36.9 Å². The highest BCUT2D eigenvalue weighted by Crippen LogP contribution is 2.19. The van der Waals surface area contributed by atoms with Crippen LogP contribution >= 0.6 is 0 Å². The van der Waals surface area contributed by atoms with Crippen LogP contribution in [0.15, 0.2) is 36.5 Å². The normalized spacial score (nSPS) is 10.3. The van der Waals surface area contributed by atoms with E-state index in [1.165, 1.54) is 18.2 Å². The maximum Gasteiger partial charge on any atom is 0.355 e. The predicted molar refractivity (Wildman–Crippen MR) is 77.9 cm³/mol. The fourth-order valence-electron chi connectivity index (χ4n) is 1.94. The summed E-state index contributed by atoms with van der Waals surface area (Å²) < 4.78 is 6.51. The number of ketones is 1. The minimum Gasteiger partial charge on any atom is -0.453 e. The van der Waals surface area contributed by atoms with Gasteiger partial charge in [0.05, 0.1) is 4.92 Å². The van der Waals surface area contributed by atoms with Crippen molar-refractivity contribution in [1.29, 1.82) is 0 Å². The largest absolute Gasteiger partial charge is 0.453 e. The van der Waals surface area contributed by atoms with Crippen molar-refractivity contribution in [3.8, 4) is 0 Å². The number of carbonyl (C=O) groups is 2. The van der Waals surface area contributed by atoms with Crippen LogP contribution in [0.25, 0.3) is 0 Å². The average Bonchev–Trinajstić information content (AvgIpc) is 2.90. The molecule has 0 N–H and O–H groups in total. The van der Waals surface area contributed by atoms with Gasteiger partial charge in [-0.25, -0.2) is 4.79 Å². The van der Waals surface area contributed by atoms with Crippen LogP contribution in [0.2, 0.25) is 0 Å². The van der Waals surface area contributed by atoms with Gasteiger partial charge >= 0.3 is 5.97 Å². The summed E-state index contributed by atoms with van der Waals surface area (Å²) in [5, 5.41) is 10.9. The third kappa shape index (κ3) is 3.20. The van der Waals surface area contributed by atoms with Crippen LogP contribution in [0.1, 0.15) is 26.4 Å². The zero-order valence-electron chi connectivity index (χ0n) is 12.1. The molecule has 1 aromatic carbocycles. The zero-order chi connectivity index (χ0) is 16.3. The van der Waals surface area contributed by atoms with Gasteiger partial charge in [0.2, 0.25) is 5.78 Å². The van der Waals surface area contributed by atoms with Crippen LogP contribution in [-0.2, 0) is 11.8 Å². The van der Waals surface area contributed by atoms with Crippen molar-refractivity contribution in [1.82, 2.24) is 4.57 Å². The van der Waals surface area contributed by atoms with Gasteiger partial charge in [0, 0.05) is 30.4 Å². The minimum absolute atomic E-state index is 0.136. The summed E-state index contributed by atoms with van der Waals surface area (Å²) in [5.41, 5.74) is 0.779. The molecule has 0 saturated carbocycles. The molecule has 114 valence electrons. The van der Waals surface area contributed by atoms with Gasteiger partial charge in [0.1, 0.15) is 5.69 Å². The Labute approximate surface area is 126 Å². The number of esters is 1. The molecule has 1 aromatic heterocycles. The van der Waals surface area contributed by atoms with E-state index < -0.39 is 23.3 Å². The number of carbonyl (C=O) groups excluding carboxylic acids is 2. The predicted octanol–water partition coefficient (Wildman–Crippen LogP) is 2.28. The second kappa shape index (κ2) is 6.21. The minimum atomic E-state index is -0.623. The van der Waals surface area contributed by atoms with Crippen LogP contribution in [0, 0.1) is 17.0 Å². The summed E-state index contributed by atoms with van der Waals surface area (Å²) in [6, 6.07) is 7.41. The summed E-state index contributed by atoms with van der Waals surface area (Å²) in [6.07, 6.45) is 1.68. The van der Waals surface area contributed by atoms with Crippen molar-refractivity contribution in [2.45, 2.75) is 6.92 Å². The van der Waals surface area contributed by atoms with Crippen molar-refractivity contribution in [2.75, 3.05) is 6.61 Å². The lowest BCUT2D eigenvalue weighted by atomic mass is 10.1. The number of aryl methyl sites for hydroxylation is 2. The third-order valence-corrected chi connectivity index (χ3v) is 3.22. The number of nitro benzene ring substituents is 1. The maximum absolute atomic E-state index is 12.0. The Balaban J connectivity index is 2.07. The van der Waals surface area contributed by atoms with Gasteiger partial charge in [0.25, 0.3) is 5.69 Å². The number of hydrogen-bond acceptors (Lipinski definition) is 5. The molecule has 0 saturated heterocycles. The van der Waals surface area contributed by atoms with Crippen molar-refractivity contribution in [3.63, 3.8) is 0 Å². The van der Waals surface area contributed by atoms with Gasteiger partial charge in [-0.2, -0.15) is 0 Å². The van der Waals surface area contributed by atoms with Gasteiger partial charge < -0.3 is 9.30 Å². The SMILES string of the molecule is Cc1ccc(C(=O)COC(=O)c2cccn2C)cc1[N+](=O)[O-]. The number of benzene rings is 1. The van der Waals surface area contributed by atoms with E-state index in [1.807, 2.05) is 0 Å². The first-order chi connectivity index (χ1) is 10.4. The van der Waals surface area contributed by atoms with Gasteiger partial charge in [0.15, 0.2) is 6.61 Å². The fraction of sp³-hybridized carbons (Fsp3) is 0.200. The molecule has 0 radical (unpaired) electrons. The molecule has 0 unspecified atom stereocenters. The molecule has 0 atom stereocenters. The second-order valence-electron chi connectivity index (χ2n) is 4.76. The lowest BCUT2D eigenvalue weighted by molar-refractivity contribution is -0.385. The number of rotatable bonds is 5. The average molecular weight is 302 g/mol. The molecule has 2 aromatic rings. The molecule has 0 amide bonds. The molecule has 7 heteroatoms. The first kappa shape index (κ1) is 15.4. The number of ether oxygens (including phenoxy) is 1. The van der Waals surface area contributed by atoms with Crippen LogP contribution < -0.4 is 0 Å². The maximum atomic E-state index is 12.0. The Kier molecular flexibility index (Phi) is 4.36. The molecule has 0 fully saturated rings. The monoisotopic (exact) mass is 302 g/mol. The van der Waals surface area contributed by atoms with E-state index in [0.717, 1.165) is 0 Å². The van der Waals surface area contributed by atoms with E-state index in [0.29, 0.717) is 11.3 Å². The van der Waals surface area contributed by atoms with Crippen molar-refractivity contribution in [3.05, 3.63) is 63.5 Å². The fourth-order valence-corrected chi connectivity index (χ4v) is 1.94. The molecule has 0 aliphatic heterocycles. The topological polar surface area (TPSA) is 91.4 Å². The quantitative estimate of drug-likeness (QED) is 0.366. The highest BCUT2D eigenvalue weighted by Gasteiger charge is 2.17. The molecule has 0 bridgehead atoms. The summed E-state index contributed by atoms with van der Waals surface area (Å²) >= 11 is 0. The molecule has 7 nitrogen and oxygen atoms in total. The number of hydrogen-bond donors (Lipinski definition) is 0. The van der Waals surface area contributed by atoms with E-state index >= 15 is 0 Å². The smallest absolute Gasteiger partial charge is 0.355 e. The number of nitro groups is 1. The Hall–Kier alpha value is -2.96. The van der Waals surface area contributed by atoms with Crippen LogP contribution in [-0.4, -0.2) is 27.8 Å². The van der Waals surface area contributed by atoms with Crippen molar-refractivity contribution >= 4 is 17.4 Å². The van der Waals surface area contributed by atoms with Crippen LogP contribution in [0.5, 0.6) is 0 Å². The van der Waals surface area contributed by atoms with Gasteiger partial charge in [-0.05, 0) is 19.1 Å². The molecular formula is C15H14N2O5. The lowest BCUT2D eigenvalue weighted by Crippen LogP contribution is -2.16. The highest BCUT2D eigenvalue weighted by atomic mass is 16.6. The summed E-state index contributed by atoms with van der Waals surface area (Å²) in [4.78, 5) is 34.1. The zero-order valence-corrected chi connectivity index (χ0v) is 12.1. The molecule has 0 aliphatic rings. The molecule has 0 aliphatic carbocycles. The number of nitrogens with zero attached hydrogens (tertiary/aromatic N) is 2. The van der Waals surface area contributed by atoms with E-state index in [-0.39, 0.29) is 11.3 Å². The van der Waals surface area contributed by atoms with Crippen molar-refractivity contribution in [2.24, 2.45) is 7.05 Å². The van der Waals surface area contributed by atoms with Gasteiger partial charge in [-0.3, -0.25) is 14.9 Å². The number of Topliss-reactive ketones (excluding diaryl/α,β-unsaturated/α-hetero) is 1. The molecule has 1 heterocycles. The summed E-state index contributed by atoms with van der Waals surface area (Å²) in [7, 11) is 1.68. The van der Waals surface area contributed by atoms with E-state index in [2.05, 4.69) is 0 Å². The molecule has 22 heavy (non-hydrogen) atoms. The Morgan fingerprint density at radius 2 is 2.05 bits per heavy atom. The van der Waals surface area contributed by atoms with Crippen molar-refractivity contribution < 1.29 is 19.2 Å². The van der Waals surface area contributed by atoms with E-state index in [4.69, 9.17) is 4.74 Å². The van der Waals surface area contributed by atoms with Crippen LogP contribution in [0.4, 0.5) is 5.69 Å². The standard InChI is InChI=1S/C15H14N2O5/c1-10-5-6-11(8-13(10)17(20)21)14(18)9-22-15(19)12-4-3-7-16(12)2/h3-8H,9H2,1-2H3. The third-order valence-electron chi connectivity index (χ3n) is 3.22.